The first kappa shape index (κ1) is 13.7. The van der Waals surface area contributed by atoms with Gasteiger partial charge in [0.1, 0.15) is 0 Å². The van der Waals surface area contributed by atoms with Crippen molar-refractivity contribution in [3.8, 4) is 0 Å². The predicted molar refractivity (Wildman–Crippen MR) is 86.5 cm³/mol. The number of nitrogens with zero attached hydrogens (tertiary/aromatic N) is 2. The van der Waals surface area contributed by atoms with E-state index in [0.29, 0.717) is 6.04 Å². The molecule has 0 saturated heterocycles. The van der Waals surface area contributed by atoms with Gasteiger partial charge in [0.2, 0.25) is 5.95 Å². The van der Waals surface area contributed by atoms with Gasteiger partial charge in [-0.15, -0.1) is 0 Å². The lowest BCUT2D eigenvalue weighted by molar-refractivity contribution is 0.356. The number of aromatic nitrogens is 2. The summed E-state index contributed by atoms with van der Waals surface area (Å²) in [6, 6.07) is 6.91. The van der Waals surface area contributed by atoms with Gasteiger partial charge in [0.15, 0.2) is 0 Å². The first-order valence-electron chi connectivity index (χ1n) is 7.30. The smallest absolute Gasteiger partial charge is 0.207 e. The number of halogens is 1. The quantitative estimate of drug-likeness (QED) is 0.836. The molecule has 0 unspecified atom stereocenters. The van der Waals surface area contributed by atoms with Crippen LogP contribution >= 0.6 is 15.9 Å². The average Bonchev–Trinajstić information content (AvgIpc) is 2.92. The van der Waals surface area contributed by atoms with E-state index < -0.39 is 0 Å². The average molecular weight is 334 g/mol. The predicted octanol–water partition coefficient (Wildman–Crippen LogP) is 5.20. The Kier molecular flexibility index (Phi) is 4.10. The van der Waals surface area contributed by atoms with Crippen LogP contribution in [0.5, 0.6) is 0 Å². The van der Waals surface area contributed by atoms with Crippen LogP contribution in [0.2, 0.25) is 0 Å². The minimum absolute atomic E-state index is 0.600. The molecule has 1 aliphatic rings. The van der Waals surface area contributed by atoms with Gasteiger partial charge in [0.05, 0.1) is 0 Å². The molecule has 2 aromatic rings. The van der Waals surface area contributed by atoms with Crippen molar-refractivity contribution in [2.24, 2.45) is 0 Å². The summed E-state index contributed by atoms with van der Waals surface area (Å²) in [5.41, 5.74) is 2.32. The zero-order chi connectivity index (χ0) is 13.9. The van der Waals surface area contributed by atoms with E-state index in [1.807, 2.05) is 6.20 Å². The van der Waals surface area contributed by atoms with Crippen molar-refractivity contribution in [1.29, 1.82) is 0 Å². The van der Waals surface area contributed by atoms with E-state index in [1.165, 1.54) is 37.7 Å². The lowest BCUT2D eigenvalue weighted by Crippen LogP contribution is -2.14. The summed E-state index contributed by atoms with van der Waals surface area (Å²) in [4.78, 5) is 4.48. The third-order valence-electron chi connectivity index (χ3n) is 4.06. The number of hydrogen-bond donors (Lipinski definition) is 1. The Labute approximate surface area is 128 Å². The van der Waals surface area contributed by atoms with Gasteiger partial charge in [-0.2, -0.15) is 0 Å². The first-order chi connectivity index (χ1) is 9.74. The molecule has 0 bridgehead atoms. The number of imidazole rings is 1. The number of aryl methyl sites for hydroxylation is 1. The monoisotopic (exact) mass is 333 g/mol. The summed E-state index contributed by atoms with van der Waals surface area (Å²) in [6.45, 7) is 2.09. The molecule has 106 valence electrons. The summed E-state index contributed by atoms with van der Waals surface area (Å²) in [6.07, 6.45) is 10.6. The molecule has 0 radical (unpaired) electrons. The Morgan fingerprint density at radius 3 is 2.80 bits per heavy atom. The third kappa shape index (κ3) is 2.90. The molecule has 20 heavy (non-hydrogen) atoms. The van der Waals surface area contributed by atoms with Crippen LogP contribution in [0.3, 0.4) is 0 Å². The van der Waals surface area contributed by atoms with Crippen LogP contribution in [0.4, 0.5) is 11.6 Å². The molecule has 1 fully saturated rings. The summed E-state index contributed by atoms with van der Waals surface area (Å²) in [5, 5.41) is 3.44. The molecule has 1 N–H and O–H groups in total. The maximum atomic E-state index is 4.48. The second-order valence-electron chi connectivity index (χ2n) is 5.54. The van der Waals surface area contributed by atoms with Gasteiger partial charge in [0.25, 0.3) is 0 Å². The van der Waals surface area contributed by atoms with E-state index in [-0.39, 0.29) is 0 Å². The molecule has 3 nitrogen and oxygen atoms in total. The maximum absolute atomic E-state index is 4.48. The molecule has 0 spiro atoms. The van der Waals surface area contributed by atoms with Gasteiger partial charge in [-0.25, -0.2) is 4.98 Å². The van der Waals surface area contributed by atoms with E-state index in [9.17, 15) is 0 Å². The van der Waals surface area contributed by atoms with Crippen molar-refractivity contribution in [3.05, 3.63) is 40.6 Å². The minimum Gasteiger partial charge on any atom is -0.326 e. The van der Waals surface area contributed by atoms with Crippen molar-refractivity contribution in [1.82, 2.24) is 9.55 Å². The molecule has 0 atom stereocenters. The lowest BCUT2D eigenvalue weighted by Gasteiger charge is -2.24. The molecule has 1 aliphatic carbocycles. The molecule has 3 rings (SSSR count). The van der Waals surface area contributed by atoms with Gasteiger partial charge >= 0.3 is 0 Å². The molecule has 4 heteroatoms. The number of nitrogens with one attached hydrogen (secondary N) is 1. The summed E-state index contributed by atoms with van der Waals surface area (Å²) in [5.74, 6) is 0.952. The van der Waals surface area contributed by atoms with Gasteiger partial charge in [0, 0.05) is 28.6 Å². The van der Waals surface area contributed by atoms with E-state index in [1.54, 1.807) is 0 Å². The van der Waals surface area contributed by atoms with Crippen LogP contribution in [-0.4, -0.2) is 9.55 Å². The molecule has 0 aliphatic heterocycles. The molecular formula is C16H20BrN3. The second-order valence-corrected chi connectivity index (χ2v) is 6.39. The van der Waals surface area contributed by atoms with E-state index in [0.717, 1.165) is 16.1 Å². The lowest BCUT2D eigenvalue weighted by atomic mass is 9.95. The molecular weight excluding hydrogens is 314 g/mol. The maximum Gasteiger partial charge on any atom is 0.207 e. The topological polar surface area (TPSA) is 29.9 Å². The van der Waals surface area contributed by atoms with Crippen LogP contribution in [0.1, 0.15) is 43.7 Å². The van der Waals surface area contributed by atoms with Gasteiger partial charge in [-0.05, 0) is 37.5 Å². The van der Waals surface area contributed by atoms with Crippen LogP contribution in [-0.2, 0) is 0 Å². The largest absolute Gasteiger partial charge is 0.326 e. The second kappa shape index (κ2) is 6.00. The first-order valence-corrected chi connectivity index (χ1v) is 8.09. The summed E-state index contributed by atoms with van der Waals surface area (Å²) in [7, 11) is 0. The number of benzene rings is 1. The van der Waals surface area contributed by atoms with E-state index in [2.05, 4.69) is 62.1 Å². The van der Waals surface area contributed by atoms with Crippen LogP contribution < -0.4 is 5.32 Å². The fourth-order valence-corrected chi connectivity index (χ4v) is 3.24. The van der Waals surface area contributed by atoms with E-state index in [4.69, 9.17) is 0 Å². The molecule has 1 aromatic carbocycles. The Morgan fingerprint density at radius 1 is 1.25 bits per heavy atom. The van der Waals surface area contributed by atoms with Crippen molar-refractivity contribution in [2.45, 2.75) is 45.1 Å². The fraction of sp³-hybridized carbons (Fsp3) is 0.438. The highest BCUT2D eigenvalue weighted by Crippen LogP contribution is 2.31. The molecule has 1 heterocycles. The number of hydrogen-bond acceptors (Lipinski definition) is 2. The highest BCUT2D eigenvalue weighted by molar-refractivity contribution is 9.10. The Morgan fingerprint density at radius 2 is 2.05 bits per heavy atom. The zero-order valence-corrected chi connectivity index (χ0v) is 13.4. The van der Waals surface area contributed by atoms with Gasteiger partial charge < -0.3 is 9.88 Å². The van der Waals surface area contributed by atoms with E-state index >= 15 is 0 Å². The number of rotatable bonds is 3. The fourth-order valence-electron chi connectivity index (χ4n) is 2.86. The minimum atomic E-state index is 0.600. The highest BCUT2D eigenvalue weighted by Gasteiger charge is 2.17. The number of anilines is 2. The standard InChI is InChI=1S/C16H20BrN3/c1-12-7-8-13(11-15(12)17)19-16-18-9-10-20(16)14-5-3-2-4-6-14/h7-11,14H,2-6H2,1H3,(H,18,19). The van der Waals surface area contributed by atoms with Crippen LogP contribution in [0.25, 0.3) is 0 Å². The zero-order valence-electron chi connectivity index (χ0n) is 11.8. The molecule has 0 amide bonds. The molecule has 1 aromatic heterocycles. The van der Waals surface area contributed by atoms with Crippen LogP contribution in [0, 0.1) is 6.92 Å². The Bertz CT molecular complexity index is 585. The van der Waals surface area contributed by atoms with Gasteiger partial charge in [-0.3, -0.25) is 0 Å². The SMILES string of the molecule is Cc1ccc(Nc2nccn2C2CCCCC2)cc1Br. The molecule has 1 saturated carbocycles. The third-order valence-corrected chi connectivity index (χ3v) is 4.92. The van der Waals surface area contributed by atoms with Gasteiger partial charge in [-0.1, -0.05) is 41.3 Å². The van der Waals surface area contributed by atoms with Crippen molar-refractivity contribution < 1.29 is 0 Å². The Hall–Kier alpha value is -1.29. The summed E-state index contributed by atoms with van der Waals surface area (Å²) < 4.78 is 3.42. The van der Waals surface area contributed by atoms with Crippen LogP contribution in [0.15, 0.2) is 35.1 Å². The van der Waals surface area contributed by atoms with Crippen molar-refractivity contribution in [3.63, 3.8) is 0 Å². The van der Waals surface area contributed by atoms with Crippen molar-refractivity contribution in [2.75, 3.05) is 5.32 Å². The highest BCUT2D eigenvalue weighted by atomic mass is 79.9. The summed E-state index contributed by atoms with van der Waals surface area (Å²) >= 11 is 3.58. The normalized spacial score (nSPS) is 16.3. The van der Waals surface area contributed by atoms with Crippen molar-refractivity contribution >= 4 is 27.6 Å². The Balaban J connectivity index is 1.80.